The Morgan fingerprint density at radius 2 is 2.04 bits per heavy atom. The average Bonchev–Trinajstić information content (AvgIpc) is 3.13. The molecule has 1 aromatic heterocycles. The number of piperazine rings is 1. The van der Waals surface area contributed by atoms with Gasteiger partial charge in [0.1, 0.15) is 11.6 Å². The van der Waals surface area contributed by atoms with Crippen molar-refractivity contribution in [2.45, 2.75) is 13.0 Å². The molecule has 0 atom stereocenters. The normalized spacial score (nSPS) is 16.2. The summed E-state index contributed by atoms with van der Waals surface area (Å²) in [4.78, 5) is 9.00. The van der Waals surface area contributed by atoms with Crippen LogP contribution in [0.25, 0.3) is 0 Å². The van der Waals surface area contributed by atoms with Crippen LogP contribution < -0.4 is 5.32 Å². The summed E-state index contributed by atoms with van der Waals surface area (Å²) >= 11 is 0. The summed E-state index contributed by atoms with van der Waals surface area (Å²) in [5.74, 6) is 1.73. The zero-order chi connectivity index (χ0) is 17.5. The van der Waals surface area contributed by atoms with E-state index in [4.69, 9.17) is 4.42 Å². The van der Waals surface area contributed by atoms with Crippen LogP contribution >= 0.6 is 0 Å². The van der Waals surface area contributed by atoms with Crippen LogP contribution in [0.3, 0.4) is 0 Å². The highest BCUT2D eigenvalue weighted by Crippen LogP contribution is 2.10. The van der Waals surface area contributed by atoms with Crippen LogP contribution in [0.5, 0.6) is 0 Å². The Morgan fingerprint density at radius 3 is 2.72 bits per heavy atom. The summed E-state index contributed by atoms with van der Waals surface area (Å²) in [6.07, 6.45) is 2.54. The van der Waals surface area contributed by atoms with Crippen molar-refractivity contribution >= 4 is 5.96 Å². The molecular weight excluding hydrogens is 319 g/mol. The Balaban J connectivity index is 1.43. The van der Waals surface area contributed by atoms with Gasteiger partial charge in [-0.25, -0.2) is 4.39 Å². The van der Waals surface area contributed by atoms with E-state index in [2.05, 4.69) is 20.1 Å². The standard InChI is InChI=1S/C19H25FN4O/c1-21-19(22-8-7-18-6-3-13-25-18)24-11-9-23(10-12-24)15-16-4-2-5-17(20)14-16/h2-6,13-14H,7-12,15H2,1H3,(H,21,22). The fraction of sp³-hybridized carbons (Fsp3) is 0.421. The first kappa shape index (κ1) is 17.5. The molecule has 1 N–H and O–H groups in total. The third-order valence-electron chi connectivity index (χ3n) is 4.41. The van der Waals surface area contributed by atoms with Crippen LogP contribution in [-0.4, -0.2) is 55.5 Å². The molecule has 0 amide bonds. The third-order valence-corrected chi connectivity index (χ3v) is 4.41. The summed E-state index contributed by atoms with van der Waals surface area (Å²) in [6.45, 7) is 5.29. The molecule has 0 aliphatic carbocycles. The van der Waals surface area contributed by atoms with Gasteiger partial charge in [0.05, 0.1) is 6.26 Å². The summed E-state index contributed by atoms with van der Waals surface area (Å²) in [5, 5.41) is 3.40. The van der Waals surface area contributed by atoms with Crippen LogP contribution in [-0.2, 0) is 13.0 Å². The van der Waals surface area contributed by atoms with E-state index in [-0.39, 0.29) is 5.82 Å². The summed E-state index contributed by atoms with van der Waals surface area (Å²) < 4.78 is 18.6. The van der Waals surface area contributed by atoms with Gasteiger partial charge in [-0.05, 0) is 29.8 Å². The first-order chi connectivity index (χ1) is 12.2. The molecule has 0 saturated carbocycles. The zero-order valence-corrected chi connectivity index (χ0v) is 14.6. The highest BCUT2D eigenvalue weighted by Gasteiger charge is 2.19. The van der Waals surface area contributed by atoms with E-state index in [0.717, 1.165) is 63.0 Å². The third kappa shape index (κ3) is 5.06. The van der Waals surface area contributed by atoms with Crippen LogP contribution in [0.2, 0.25) is 0 Å². The lowest BCUT2D eigenvalue weighted by molar-refractivity contribution is 0.172. The summed E-state index contributed by atoms with van der Waals surface area (Å²) in [6, 6.07) is 10.7. The molecule has 0 radical (unpaired) electrons. The molecule has 2 aromatic rings. The molecule has 1 aliphatic rings. The van der Waals surface area contributed by atoms with Gasteiger partial charge in [-0.2, -0.15) is 0 Å². The van der Waals surface area contributed by atoms with Crippen molar-refractivity contribution in [3.05, 3.63) is 59.8 Å². The van der Waals surface area contributed by atoms with Gasteiger partial charge >= 0.3 is 0 Å². The topological polar surface area (TPSA) is 44.0 Å². The van der Waals surface area contributed by atoms with Gasteiger partial charge in [-0.3, -0.25) is 9.89 Å². The van der Waals surface area contributed by atoms with Gasteiger partial charge in [0.15, 0.2) is 5.96 Å². The van der Waals surface area contributed by atoms with Crippen molar-refractivity contribution in [2.24, 2.45) is 4.99 Å². The maximum Gasteiger partial charge on any atom is 0.193 e. The van der Waals surface area contributed by atoms with E-state index in [9.17, 15) is 4.39 Å². The predicted octanol–water partition coefficient (Wildman–Crippen LogP) is 2.35. The minimum atomic E-state index is -0.169. The van der Waals surface area contributed by atoms with Gasteiger partial charge in [-0.15, -0.1) is 0 Å². The van der Waals surface area contributed by atoms with E-state index in [1.54, 1.807) is 18.4 Å². The largest absolute Gasteiger partial charge is 0.469 e. The highest BCUT2D eigenvalue weighted by molar-refractivity contribution is 5.80. The minimum Gasteiger partial charge on any atom is -0.469 e. The molecule has 5 nitrogen and oxygen atoms in total. The average molecular weight is 344 g/mol. The SMILES string of the molecule is CN=C(NCCc1ccco1)N1CCN(Cc2cccc(F)c2)CC1. The molecule has 1 aliphatic heterocycles. The van der Waals surface area contributed by atoms with E-state index in [1.807, 2.05) is 25.2 Å². The number of nitrogens with one attached hydrogen (secondary N) is 1. The van der Waals surface area contributed by atoms with Crippen LogP contribution in [0, 0.1) is 5.82 Å². The lowest BCUT2D eigenvalue weighted by atomic mass is 10.2. The number of hydrogen-bond donors (Lipinski definition) is 1. The number of benzene rings is 1. The van der Waals surface area contributed by atoms with Crippen molar-refractivity contribution in [2.75, 3.05) is 39.8 Å². The van der Waals surface area contributed by atoms with Crippen molar-refractivity contribution in [3.8, 4) is 0 Å². The number of furan rings is 1. The van der Waals surface area contributed by atoms with Gasteiger partial charge in [0.25, 0.3) is 0 Å². The second-order valence-corrected chi connectivity index (χ2v) is 6.20. The highest BCUT2D eigenvalue weighted by atomic mass is 19.1. The second kappa shape index (κ2) is 8.67. The molecule has 134 valence electrons. The first-order valence-electron chi connectivity index (χ1n) is 8.69. The van der Waals surface area contributed by atoms with E-state index in [1.165, 1.54) is 6.07 Å². The molecule has 0 unspecified atom stereocenters. The van der Waals surface area contributed by atoms with Crippen molar-refractivity contribution in [3.63, 3.8) is 0 Å². The quantitative estimate of drug-likeness (QED) is 0.668. The van der Waals surface area contributed by atoms with Crippen LogP contribution in [0.15, 0.2) is 52.1 Å². The summed E-state index contributed by atoms with van der Waals surface area (Å²) in [5.41, 5.74) is 1.02. The van der Waals surface area contributed by atoms with Crippen LogP contribution in [0.4, 0.5) is 4.39 Å². The number of halogens is 1. The molecule has 3 rings (SSSR count). The number of aliphatic imine (C=N–C) groups is 1. The minimum absolute atomic E-state index is 0.169. The monoisotopic (exact) mass is 344 g/mol. The molecule has 1 fully saturated rings. The fourth-order valence-corrected chi connectivity index (χ4v) is 3.10. The van der Waals surface area contributed by atoms with E-state index in [0.29, 0.717) is 0 Å². The molecule has 6 heteroatoms. The van der Waals surface area contributed by atoms with E-state index < -0.39 is 0 Å². The summed E-state index contributed by atoms with van der Waals surface area (Å²) in [7, 11) is 1.81. The van der Waals surface area contributed by atoms with Crippen LogP contribution in [0.1, 0.15) is 11.3 Å². The molecule has 1 aromatic carbocycles. The Labute approximate surface area is 148 Å². The number of nitrogens with zero attached hydrogens (tertiary/aromatic N) is 3. The lowest BCUT2D eigenvalue weighted by Gasteiger charge is -2.36. The molecule has 0 bridgehead atoms. The molecule has 2 heterocycles. The Hall–Kier alpha value is -2.34. The molecule has 25 heavy (non-hydrogen) atoms. The maximum atomic E-state index is 13.3. The predicted molar refractivity (Wildman–Crippen MR) is 97.0 cm³/mol. The van der Waals surface area contributed by atoms with Gasteiger partial charge in [0, 0.05) is 52.7 Å². The Kier molecular flexibility index (Phi) is 6.06. The van der Waals surface area contributed by atoms with E-state index >= 15 is 0 Å². The smallest absolute Gasteiger partial charge is 0.193 e. The fourth-order valence-electron chi connectivity index (χ4n) is 3.10. The Bertz CT molecular complexity index is 678. The molecule has 1 saturated heterocycles. The van der Waals surface area contributed by atoms with Gasteiger partial charge < -0.3 is 14.6 Å². The van der Waals surface area contributed by atoms with Crippen molar-refractivity contribution < 1.29 is 8.81 Å². The number of guanidine groups is 1. The number of rotatable bonds is 5. The Morgan fingerprint density at radius 1 is 1.20 bits per heavy atom. The van der Waals surface area contributed by atoms with Gasteiger partial charge in [0.2, 0.25) is 0 Å². The second-order valence-electron chi connectivity index (χ2n) is 6.20. The van der Waals surface area contributed by atoms with Crippen molar-refractivity contribution in [1.29, 1.82) is 0 Å². The molecular formula is C19H25FN4O. The number of hydrogen-bond acceptors (Lipinski definition) is 3. The van der Waals surface area contributed by atoms with Gasteiger partial charge in [-0.1, -0.05) is 12.1 Å². The zero-order valence-electron chi connectivity index (χ0n) is 14.6. The van der Waals surface area contributed by atoms with Crippen molar-refractivity contribution in [1.82, 2.24) is 15.1 Å². The molecule has 0 spiro atoms. The first-order valence-corrected chi connectivity index (χ1v) is 8.69. The maximum absolute atomic E-state index is 13.3. The lowest BCUT2D eigenvalue weighted by Crippen LogP contribution is -2.52.